The summed E-state index contributed by atoms with van der Waals surface area (Å²) in [6.07, 6.45) is 6.20. The zero-order valence-electron chi connectivity index (χ0n) is 7.79. The first-order valence-corrected chi connectivity index (χ1v) is 4.31. The maximum absolute atomic E-state index is 9.66. The van der Waals surface area contributed by atoms with Crippen molar-refractivity contribution in [3.63, 3.8) is 0 Å². The first-order chi connectivity index (χ1) is 6.86. The number of hydrogen-bond acceptors (Lipinski definition) is 1. The van der Waals surface area contributed by atoms with Crippen LogP contribution in [0.15, 0.2) is 34.1 Å². The Morgan fingerprint density at radius 2 is 2.33 bits per heavy atom. The van der Waals surface area contributed by atoms with Gasteiger partial charge >= 0.3 is 0 Å². The van der Waals surface area contributed by atoms with Gasteiger partial charge in [-0.1, -0.05) is 0 Å². The average Bonchev–Trinajstić information content (AvgIpc) is 2.87. The second-order valence-corrected chi connectivity index (χ2v) is 2.95. The zero-order valence-corrected chi connectivity index (χ0v) is 8.90. The summed E-state index contributed by atoms with van der Waals surface area (Å²) in [5.74, 6) is 5.36. The van der Waals surface area contributed by atoms with Gasteiger partial charge in [-0.15, -0.1) is 11.6 Å². The van der Waals surface area contributed by atoms with Gasteiger partial charge in [0.05, 0.1) is 0 Å². The van der Waals surface area contributed by atoms with Crippen LogP contribution in [0.4, 0.5) is 0 Å². The normalized spacial score (nSPS) is 15.0. The van der Waals surface area contributed by atoms with E-state index in [0.717, 1.165) is 5.57 Å². The number of aliphatic hydroxyl groups excluding tert-OH is 1. The van der Waals surface area contributed by atoms with Crippen LogP contribution in [0.1, 0.15) is 12.8 Å². The average molecular weight is 234 g/mol. The second kappa shape index (κ2) is 5.44. The van der Waals surface area contributed by atoms with Gasteiger partial charge in [-0.25, -0.2) is 5.73 Å². The molecule has 2 rings (SSSR count). The van der Waals surface area contributed by atoms with Gasteiger partial charge in [0.25, 0.3) is 0 Å². The Balaban J connectivity index is 0.00000112. The van der Waals surface area contributed by atoms with Gasteiger partial charge in [0.15, 0.2) is 24.0 Å². The summed E-state index contributed by atoms with van der Waals surface area (Å²) < 4.78 is 0. The van der Waals surface area contributed by atoms with E-state index in [4.69, 9.17) is 0 Å². The Morgan fingerprint density at radius 3 is 2.93 bits per heavy atom. The molecule has 0 heterocycles. The minimum Gasteiger partial charge on any atom is -0.373 e. The fourth-order valence-electron chi connectivity index (χ4n) is 1.19. The van der Waals surface area contributed by atoms with Crippen LogP contribution in [0, 0.1) is 24.0 Å². The summed E-state index contributed by atoms with van der Waals surface area (Å²) in [4.78, 5) is 0. The van der Waals surface area contributed by atoms with Crippen LogP contribution in [0.5, 0.6) is 0 Å². The molecule has 1 nitrogen and oxygen atoms in total. The number of hydrogen-bond donors (Lipinski definition) is 1. The Hall–Kier alpha value is -1.45. The van der Waals surface area contributed by atoms with Crippen LogP contribution in [0.2, 0.25) is 0 Å². The molecule has 2 aliphatic carbocycles. The van der Waals surface area contributed by atoms with Crippen LogP contribution >= 0.6 is 0 Å². The summed E-state index contributed by atoms with van der Waals surface area (Å²) in [5, 5.41) is 9.66. The topological polar surface area (TPSA) is 20.2 Å². The molecule has 0 saturated carbocycles. The molecule has 0 aliphatic heterocycles. The van der Waals surface area contributed by atoms with Crippen molar-refractivity contribution in [2.45, 2.75) is 18.9 Å². The minimum atomic E-state index is -0.561. The van der Waals surface area contributed by atoms with Gasteiger partial charge in [0.1, 0.15) is 5.73 Å². The van der Waals surface area contributed by atoms with Crippen molar-refractivity contribution in [3.05, 3.63) is 46.2 Å². The second-order valence-electron chi connectivity index (χ2n) is 2.95. The fraction of sp³-hybridized carbons (Fsp3) is 0.231. The SMILES string of the molecule is OC(CCC1=C=C=C=[C-]1)C1=C=[C+]C#C1.[Fe]. The predicted octanol–water partition coefficient (Wildman–Crippen LogP) is 1.24. The van der Waals surface area contributed by atoms with E-state index >= 15 is 0 Å². The van der Waals surface area contributed by atoms with Crippen molar-refractivity contribution in [1.29, 1.82) is 0 Å². The van der Waals surface area contributed by atoms with Gasteiger partial charge in [-0.3, -0.25) is 11.5 Å². The molecule has 0 radical (unpaired) electrons. The van der Waals surface area contributed by atoms with E-state index in [1.165, 1.54) is 0 Å². The molecule has 1 unspecified atom stereocenters. The van der Waals surface area contributed by atoms with Crippen molar-refractivity contribution in [3.8, 4) is 11.8 Å². The van der Waals surface area contributed by atoms with E-state index in [0.29, 0.717) is 18.4 Å². The standard InChI is InChI=1S/C13H6O.Fe/c14-13(12-7-3-4-8-12)10-9-11-5-1-2-6-11;/h13-14H,9-10H2;. The Labute approximate surface area is 99.4 Å². The Kier molecular flexibility index (Phi) is 4.21. The fourth-order valence-corrected chi connectivity index (χ4v) is 1.19. The van der Waals surface area contributed by atoms with Gasteiger partial charge in [-0.05, 0) is 12.8 Å². The van der Waals surface area contributed by atoms with Gasteiger partial charge in [-0.2, -0.15) is 0 Å². The summed E-state index contributed by atoms with van der Waals surface area (Å²) in [7, 11) is 0. The van der Waals surface area contributed by atoms with Gasteiger partial charge in [0.2, 0.25) is 5.57 Å². The predicted molar refractivity (Wildman–Crippen MR) is 50.6 cm³/mol. The third kappa shape index (κ3) is 3.01. The Bertz CT molecular complexity index is 517. The first-order valence-electron chi connectivity index (χ1n) is 4.31. The molecule has 72 valence electrons. The molecule has 0 bridgehead atoms. The van der Waals surface area contributed by atoms with Crippen molar-refractivity contribution < 1.29 is 22.2 Å². The zero-order chi connectivity index (χ0) is 9.80. The molecule has 15 heavy (non-hydrogen) atoms. The largest absolute Gasteiger partial charge is 0.373 e. The van der Waals surface area contributed by atoms with E-state index in [2.05, 4.69) is 46.9 Å². The molecule has 1 N–H and O–H groups in total. The van der Waals surface area contributed by atoms with Crippen molar-refractivity contribution >= 4 is 0 Å². The van der Waals surface area contributed by atoms with E-state index in [-0.39, 0.29) is 17.1 Å². The maximum atomic E-state index is 9.66. The number of aliphatic hydroxyl groups is 1. The maximum Gasteiger partial charge on any atom is 0.241 e. The molecule has 2 aliphatic rings. The summed E-state index contributed by atoms with van der Waals surface area (Å²) in [6, 6.07) is 0. The number of allylic oxidation sites excluding steroid dienone is 2. The monoisotopic (exact) mass is 234 g/mol. The number of rotatable bonds is 4. The minimum absolute atomic E-state index is 0. The van der Waals surface area contributed by atoms with E-state index in [9.17, 15) is 5.11 Å². The third-order valence-corrected chi connectivity index (χ3v) is 1.95. The van der Waals surface area contributed by atoms with Crippen molar-refractivity contribution in [2.75, 3.05) is 0 Å². The van der Waals surface area contributed by atoms with E-state index in [1.54, 1.807) is 0 Å². The molecule has 2 heteroatoms. The van der Waals surface area contributed by atoms with E-state index in [1.807, 2.05) is 0 Å². The smallest absolute Gasteiger partial charge is 0.241 e. The third-order valence-electron chi connectivity index (χ3n) is 1.95. The molecular weight excluding hydrogens is 228 g/mol. The van der Waals surface area contributed by atoms with Crippen LogP contribution in [0.25, 0.3) is 0 Å². The van der Waals surface area contributed by atoms with Crippen LogP contribution in [0.3, 0.4) is 0 Å². The van der Waals surface area contributed by atoms with E-state index < -0.39 is 6.10 Å². The summed E-state index contributed by atoms with van der Waals surface area (Å²) in [6.45, 7) is 0. The molecule has 0 aromatic heterocycles. The molecule has 0 fully saturated rings. The molecule has 0 amide bonds. The van der Waals surface area contributed by atoms with Gasteiger partial charge < -0.3 is 5.11 Å². The first kappa shape index (κ1) is 11.6. The summed E-state index contributed by atoms with van der Waals surface area (Å²) >= 11 is 0. The molecule has 1 atom stereocenters. The van der Waals surface area contributed by atoms with Gasteiger partial charge in [0, 0.05) is 17.1 Å². The molecule has 0 aromatic carbocycles. The van der Waals surface area contributed by atoms with Crippen molar-refractivity contribution in [2.24, 2.45) is 0 Å². The van der Waals surface area contributed by atoms with Crippen LogP contribution in [-0.2, 0) is 17.1 Å². The summed E-state index contributed by atoms with van der Waals surface area (Å²) in [5.41, 5.74) is 12.5. The van der Waals surface area contributed by atoms with Crippen LogP contribution < -0.4 is 0 Å². The van der Waals surface area contributed by atoms with Crippen LogP contribution in [-0.4, -0.2) is 11.2 Å². The Morgan fingerprint density at radius 1 is 1.47 bits per heavy atom. The molecule has 0 saturated heterocycles. The molecule has 0 spiro atoms. The molecule has 0 aromatic rings. The molecular formula is C13H6FeO. The quantitative estimate of drug-likeness (QED) is 0.336. The van der Waals surface area contributed by atoms with Crippen molar-refractivity contribution in [1.82, 2.24) is 0 Å².